The molecule has 0 aromatic heterocycles. The summed E-state index contributed by atoms with van der Waals surface area (Å²) >= 11 is 0. The Bertz CT molecular complexity index is 250. The molecule has 1 rings (SSSR count). The van der Waals surface area contributed by atoms with Crippen LogP contribution in [0.2, 0.25) is 13.1 Å². The van der Waals surface area contributed by atoms with Crippen molar-refractivity contribution in [1.29, 1.82) is 0 Å². The molecule has 0 heterocycles. The van der Waals surface area contributed by atoms with E-state index in [-0.39, 0.29) is 46.5 Å². The van der Waals surface area contributed by atoms with Gasteiger partial charge in [-0.05, 0) is 13.1 Å². The molecular formula is C11H21Cl2OSiTi. The Labute approximate surface area is 129 Å². The Morgan fingerprint density at radius 2 is 1.06 bits per heavy atom. The van der Waals surface area contributed by atoms with Crippen LogP contribution in [-0.2, 0) is 21.7 Å². The van der Waals surface area contributed by atoms with Gasteiger partial charge in [0.25, 0.3) is 0 Å². The summed E-state index contributed by atoms with van der Waals surface area (Å²) in [6, 6.07) is 2.24. The molecule has 0 bridgehead atoms. The number of aryl methyl sites for hydroxylation is 2. The molecule has 0 spiro atoms. The summed E-state index contributed by atoms with van der Waals surface area (Å²) < 4.78 is 0. The molecule has 0 aliphatic heterocycles. The molecule has 0 aliphatic rings. The quantitative estimate of drug-likeness (QED) is 0.391. The average molecular weight is 316 g/mol. The topological polar surface area (TPSA) is 20.2 Å². The minimum absolute atomic E-state index is 0. The van der Waals surface area contributed by atoms with Gasteiger partial charge in [-0.1, -0.05) is 27.7 Å². The monoisotopic (exact) mass is 315 g/mol. The zero-order valence-corrected chi connectivity index (χ0v) is 15.1. The maximum atomic E-state index is 8.19. The van der Waals surface area contributed by atoms with Crippen LogP contribution in [0.1, 0.15) is 22.3 Å². The van der Waals surface area contributed by atoms with E-state index in [9.17, 15) is 0 Å². The van der Waals surface area contributed by atoms with Crippen molar-refractivity contribution in [2.24, 2.45) is 0 Å². The second-order valence-corrected chi connectivity index (χ2v) is 6.04. The van der Waals surface area contributed by atoms with E-state index in [1.807, 2.05) is 13.1 Å². The van der Waals surface area contributed by atoms with Crippen molar-refractivity contribution in [3.8, 4) is 0 Å². The fraction of sp³-hybridized carbons (Fsp3) is 0.545. The minimum Gasteiger partial charge on any atom is -1.00 e. The Balaban J connectivity index is -0.0000000921. The SMILES string of the molecule is C[SiH](C)O.Cc1[cH-]c(C)c(C)c1C.[Cl-].[Cl-].[Ti+3]. The molecule has 1 radical (unpaired) electrons. The molecule has 1 aromatic rings. The van der Waals surface area contributed by atoms with Gasteiger partial charge in [0.15, 0.2) is 9.04 Å². The van der Waals surface area contributed by atoms with Crippen LogP contribution in [0.3, 0.4) is 0 Å². The van der Waals surface area contributed by atoms with Gasteiger partial charge in [0.05, 0.1) is 0 Å². The second kappa shape index (κ2) is 12.3. The maximum absolute atomic E-state index is 8.19. The maximum Gasteiger partial charge on any atom is 3.00 e. The van der Waals surface area contributed by atoms with E-state index in [1.54, 1.807) is 0 Å². The number of hydrogen-bond acceptors (Lipinski definition) is 1. The van der Waals surface area contributed by atoms with Crippen LogP contribution in [0.15, 0.2) is 6.07 Å². The first-order valence-electron chi connectivity index (χ1n) is 4.74. The predicted molar refractivity (Wildman–Crippen MR) is 62.1 cm³/mol. The van der Waals surface area contributed by atoms with E-state index < -0.39 is 9.04 Å². The third-order valence-electron chi connectivity index (χ3n) is 2.18. The van der Waals surface area contributed by atoms with Crippen LogP contribution in [0.5, 0.6) is 0 Å². The van der Waals surface area contributed by atoms with Crippen LogP contribution in [0.4, 0.5) is 0 Å². The Morgan fingerprint density at radius 1 is 0.875 bits per heavy atom. The molecular weight excluding hydrogens is 295 g/mol. The van der Waals surface area contributed by atoms with E-state index in [2.05, 4.69) is 33.8 Å². The van der Waals surface area contributed by atoms with E-state index in [4.69, 9.17) is 4.80 Å². The molecule has 0 fully saturated rings. The molecule has 0 aliphatic carbocycles. The summed E-state index contributed by atoms with van der Waals surface area (Å²) in [6.07, 6.45) is 0. The summed E-state index contributed by atoms with van der Waals surface area (Å²) in [4.78, 5) is 8.19. The fourth-order valence-electron chi connectivity index (χ4n) is 1.13. The van der Waals surface area contributed by atoms with Crippen molar-refractivity contribution < 1.29 is 51.3 Å². The third kappa shape index (κ3) is 10.0. The van der Waals surface area contributed by atoms with Gasteiger partial charge in [0.2, 0.25) is 0 Å². The van der Waals surface area contributed by atoms with Gasteiger partial charge in [-0.3, -0.25) is 0 Å². The molecule has 0 amide bonds. The van der Waals surface area contributed by atoms with Gasteiger partial charge in [-0.25, -0.2) is 0 Å². The number of hydrogen-bond donors (Lipinski definition) is 1. The Kier molecular flexibility index (Phi) is 19.7. The first-order chi connectivity index (χ1) is 5.86. The number of rotatable bonds is 0. The van der Waals surface area contributed by atoms with Gasteiger partial charge in [-0.2, -0.15) is 28.3 Å². The van der Waals surface area contributed by atoms with Crippen LogP contribution in [-0.4, -0.2) is 13.8 Å². The molecule has 1 N–H and O–H groups in total. The van der Waals surface area contributed by atoms with Crippen LogP contribution in [0.25, 0.3) is 0 Å². The zero-order chi connectivity index (χ0) is 10.6. The Hall–Kier alpha value is 0.821. The smallest absolute Gasteiger partial charge is 1.00 e. The summed E-state index contributed by atoms with van der Waals surface area (Å²) in [5, 5.41) is 0. The fourth-order valence-corrected chi connectivity index (χ4v) is 1.13. The van der Waals surface area contributed by atoms with Gasteiger partial charge in [0.1, 0.15) is 0 Å². The van der Waals surface area contributed by atoms with Crippen molar-refractivity contribution in [3.63, 3.8) is 0 Å². The van der Waals surface area contributed by atoms with Gasteiger partial charge < -0.3 is 29.6 Å². The first kappa shape index (κ1) is 25.6. The van der Waals surface area contributed by atoms with Crippen molar-refractivity contribution in [3.05, 3.63) is 28.3 Å². The average Bonchev–Trinajstić information content (AvgIpc) is 2.17. The molecule has 93 valence electrons. The largest absolute Gasteiger partial charge is 3.00 e. The first-order valence-corrected chi connectivity index (χ1v) is 7.57. The van der Waals surface area contributed by atoms with Crippen molar-refractivity contribution in [2.75, 3.05) is 0 Å². The minimum atomic E-state index is -1.14. The molecule has 1 aromatic carbocycles. The molecule has 0 atom stereocenters. The summed E-state index contributed by atoms with van der Waals surface area (Å²) in [6.45, 7) is 12.4. The zero-order valence-electron chi connectivity index (χ0n) is 10.9. The van der Waals surface area contributed by atoms with Crippen molar-refractivity contribution in [1.82, 2.24) is 0 Å². The molecule has 16 heavy (non-hydrogen) atoms. The molecule has 1 nitrogen and oxygen atoms in total. The molecule has 5 heteroatoms. The standard InChI is InChI=1S/C9H13.C2H8OSi.2ClH.Ti/c1-6-5-7(2)9(4)8(6)3;1-4(2)3;;;/h5H,1-4H3;3-4H,1-2H3;2*1H;/q-1;;;;+3/p-2. The van der Waals surface area contributed by atoms with E-state index in [0.29, 0.717) is 0 Å². The Morgan fingerprint density at radius 3 is 1.12 bits per heavy atom. The number of halogens is 2. The van der Waals surface area contributed by atoms with Crippen LogP contribution >= 0.6 is 0 Å². The van der Waals surface area contributed by atoms with Gasteiger partial charge >= 0.3 is 21.7 Å². The van der Waals surface area contributed by atoms with Crippen LogP contribution < -0.4 is 24.8 Å². The van der Waals surface area contributed by atoms with Crippen molar-refractivity contribution in [2.45, 2.75) is 40.8 Å². The van der Waals surface area contributed by atoms with Gasteiger partial charge in [-0.15, -0.1) is 0 Å². The van der Waals surface area contributed by atoms with Crippen molar-refractivity contribution >= 4 is 9.04 Å². The summed E-state index contributed by atoms with van der Waals surface area (Å²) in [7, 11) is -1.14. The van der Waals surface area contributed by atoms with E-state index >= 15 is 0 Å². The predicted octanol–water partition coefficient (Wildman–Crippen LogP) is -3.39. The molecule has 0 saturated carbocycles. The normalized spacial score (nSPS) is 8.00. The van der Waals surface area contributed by atoms with Gasteiger partial charge in [0, 0.05) is 0 Å². The summed E-state index contributed by atoms with van der Waals surface area (Å²) in [5.41, 5.74) is 5.75. The van der Waals surface area contributed by atoms with E-state index in [0.717, 1.165) is 0 Å². The second-order valence-electron chi connectivity index (χ2n) is 3.85. The summed E-state index contributed by atoms with van der Waals surface area (Å²) in [5.74, 6) is 0. The van der Waals surface area contributed by atoms with E-state index in [1.165, 1.54) is 22.3 Å². The molecule has 0 unspecified atom stereocenters. The third-order valence-corrected chi connectivity index (χ3v) is 2.18. The molecule has 0 saturated heterocycles. The van der Waals surface area contributed by atoms with Crippen LogP contribution in [0, 0.1) is 27.7 Å².